The van der Waals surface area contributed by atoms with Gasteiger partial charge in [-0.1, -0.05) is 90.8 Å². The highest BCUT2D eigenvalue weighted by atomic mass is 35.5. The number of esters is 2. The van der Waals surface area contributed by atoms with Crippen LogP contribution in [-0.2, 0) is 41.7 Å². The summed E-state index contributed by atoms with van der Waals surface area (Å²) in [6.07, 6.45) is 10.1. The number of ether oxygens (including phenoxy) is 2. The van der Waals surface area contributed by atoms with E-state index >= 15 is 0 Å². The molecule has 4 aromatic heterocycles. The van der Waals surface area contributed by atoms with E-state index in [0.717, 1.165) is 47.5 Å². The molecule has 82 heavy (non-hydrogen) atoms. The second-order valence-electron chi connectivity index (χ2n) is 23.4. The first kappa shape index (κ1) is 64.4. The normalized spacial score (nSPS) is 17.0. The van der Waals surface area contributed by atoms with Crippen LogP contribution in [0.3, 0.4) is 0 Å². The maximum absolute atomic E-state index is 14.4. The van der Waals surface area contributed by atoms with Crippen LogP contribution in [0.5, 0.6) is 0 Å². The molecule has 6 aromatic rings. The van der Waals surface area contributed by atoms with Gasteiger partial charge in [-0.05, 0) is 89.4 Å². The molecule has 6 atom stereocenters. The van der Waals surface area contributed by atoms with Gasteiger partial charge in [0.25, 0.3) is 0 Å². The molecule has 0 aliphatic carbocycles. The first-order chi connectivity index (χ1) is 38.1. The molecule has 8 rings (SSSR count). The van der Waals surface area contributed by atoms with Crippen molar-refractivity contribution in [2.45, 2.75) is 156 Å². The zero-order valence-corrected chi connectivity index (χ0v) is 50.9. The van der Waals surface area contributed by atoms with Crippen molar-refractivity contribution in [1.29, 1.82) is 0 Å². The minimum Gasteiger partial charge on any atom is -0.464 e. The zero-order chi connectivity index (χ0) is 57.8. The van der Waals surface area contributed by atoms with Crippen LogP contribution in [-0.4, -0.2) is 130 Å². The van der Waals surface area contributed by atoms with Gasteiger partial charge in [0, 0.05) is 71.5 Å². The second kappa shape index (κ2) is 27.1. The number of hydrogen-bond acceptors (Lipinski definition) is 14. The summed E-state index contributed by atoms with van der Waals surface area (Å²) in [4.78, 5) is 94.6. The number of methoxy groups -OCH3 is 2. The molecule has 22 heteroatoms. The predicted octanol–water partition coefficient (Wildman–Crippen LogP) is 9.19. The van der Waals surface area contributed by atoms with E-state index in [-0.39, 0.29) is 83.1 Å². The third-order valence-corrected chi connectivity index (χ3v) is 15.8. The van der Waals surface area contributed by atoms with Crippen molar-refractivity contribution in [2.75, 3.05) is 41.4 Å². The van der Waals surface area contributed by atoms with Crippen molar-refractivity contribution in [3.05, 3.63) is 84.1 Å². The number of aryl methyl sites for hydroxylation is 2. The first-order valence-electron chi connectivity index (χ1n) is 28.0. The lowest BCUT2D eigenvalue weighted by Gasteiger charge is -2.35. The van der Waals surface area contributed by atoms with Crippen molar-refractivity contribution in [3.63, 3.8) is 0 Å². The van der Waals surface area contributed by atoms with E-state index in [0.29, 0.717) is 63.0 Å². The fourth-order valence-electron chi connectivity index (χ4n) is 10.9. The number of oxazole rings is 2. The summed E-state index contributed by atoms with van der Waals surface area (Å²) >= 11 is 0. The number of benzene rings is 2. The van der Waals surface area contributed by atoms with Crippen molar-refractivity contribution >= 4 is 82.2 Å². The predicted molar refractivity (Wildman–Crippen MR) is 318 cm³/mol. The van der Waals surface area contributed by atoms with Crippen molar-refractivity contribution in [2.24, 2.45) is 10.8 Å². The van der Waals surface area contributed by atoms with Gasteiger partial charge in [0.05, 0.1) is 26.3 Å². The minimum absolute atomic E-state index is 0. The summed E-state index contributed by atoms with van der Waals surface area (Å²) in [6.45, 7) is 17.2. The van der Waals surface area contributed by atoms with Gasteiger partial charge >= 0.3 is 11.9 Å². The molecule has 20 nitrogen and oxygen atoms in total. The molecule has 0 spiro atoms. The van der Waals surface area contributed by atoms with Crippen LogP contribution in [0.1, 0.15) is 152 Å². The number of fused-ring (bicyclic) bond motifs is 2. The first-order valence-corrected chi connectivity index (χ1v) is 28.0. The van der Waals surface area contributed by atoms with Gasteiger partial charge in [-0.25, -0.2) is 19.6 Å². The van der Waals surface area contributed by atoms with E-state index in [9.17, 15) is 28.8 Å². The van der Waals surface area contributed by atoms with Crippen LogP contribution < -0.4 is 21.3 Å². The molecule has 2 aliphatic rings. The van der Waals surface area contributed by atoms with Crippen molar-refractivity contribution in [1.82, 2.24) is 50.2 Å². The number of nitrogens with zero attached hydrogens (tertiary/aromatic N) is 6. The molecule has 2 aliphatic heterocycles. The van der Waals surface area contributed by atoms with E-state index in [1.54, 1.807) is 37.7 Å². The number of likely N-dealkylation sites (tertiary alicyclic amines) is 2. The van der Waals surface area contributed by atoms with Gasteiger partial charge in [-0.15, -0.1) is 24.8 Å². The summed E-state index contributed by atoms with van der Waals surface area (Å²) in [7, 11) is 6.00. The number of rotatable bonds is 21. The van der Waals surface area contributed by atoms with Crippen molar-refractivity contribution in [3.8, 4) is 22.6 Å². The Labute approximate surface area is 492 Å². The van der Waals surface area contributed by atoms with E-state index in [2.05, 4.69) is 30.4 Å². The molecular formula is C60H82Cl2N10O10. The lowest BCUT2D eigenvalue weighted by molar-refractivity contribution is -0.141. The van der Waals surface area contributed by atoms with E-state index in [1.165, 1.54) is 14.2 Å². The number of amides is 4. The van der Waals surface area contributed by atoms with Crippen LogP contribution in [0, 0.1) is 10.8 Å². The number of aromatic nitrogens is 4. The fourth-order valence-corrected chi connectivity index (χ4v) is 10.9. The number of carbonyl (C=O) groups excluding carboxylic acids is 6. The summed E-state index contributed by atoms with van der Waals surface area (Å²) in [6, 6.07) is 12.2. The summed E-state index contributed by atoms with van der Waals surface area (Å²) in [5, 5.41) is 13.6. The lowest BCUT2D eigenvalue weighted by atomic mass is 9.85. The number of likely N-dealkylation sites (N-methyl/N-ethyl adjacent to an activating group) is 2. The third-order valence-electron chi connectivity index (χ3n) is 15.8. The van der Waals surface area contributed by atoms with E-state index < -0.39 is 59.0 Å². The smallest absolute Gasteiger partial charge is 0.360 e. The standard InChI is InChI=1S/C60H80N10O10.2ClH/c1-35(61-9)51(71)65-49(59(3,4)5)55(73)69-31-21-27-43(69)53-63-45(57(75)77-11)47(79-53)39-33-67(41-25-17-15-23-37(39)41)29-19-13-14-20-30-68-34-40(38-24-16-18-26-42(38)68)48-46(58(76)78-12)64-54(80-48)44-28-22-32-70(44)56(74)50(60(6,7)8)66-52(72)36(2)62-10;;/h15-18,23-26,33-36,43-44,49-50,61-62H,13-14,19-22,27-32H2,1-12H3,(H,65,71)(H,66,72);2*1H/t35-,36-,43-,44-,49+,50+;;/m0../s1. The second-order valence-corrected chi connectivity index (χ2v) is 23.4. The molecule has 0 radical (unpaired) electrons. The molecule has 6 heterocycles. The highest BCUT2D eigenvalue weighted by Gasteiger charge is 2.45. The molecule has 446 valence electrons. The van der Waals surface area contributed by atoms with E-state index in [1.807, 2.05) is 102 Å². The van der Waals surface area contributed by atoms with Crippen LogP contribution in [0.4, 0.5) is 0 Å². The topological polar surface area (TPSA) is 237 Å². The number of halogens is 2. The van der Waals surface area contributed by atoms with Gasteiger partial charge in [0.2, 0.25) is 35.4 Å². The highest BCUT2D eigenvalue weighted by molar-refractivity contribution is 6.03. The van der Waals surface area contributed by atoms with Crippen LogP contribution >= 0.6 is 24.8 Å². The summed E-state index contributed by atoms with van der Waals surface area (Å²) < 4.78 is 28.0. The average Bonchev–Trinajstić information content (AvgIpc) is 4.53. The van der Waals surface area contributed by atoms with Gasteiger partial charge in [-0.3, -0.25) is 19.2 Å². The third kappa shape index (κ3) is 13.5. The number of carbonyl (C=O) groups is 6. The molecule has 0 bridgehead atoms. The molecule has 4 N–H and O–H groups in total. The fraction of sp³-hybridized carbons (Fsp3) is 0.533. The number of nitrogens with one attached hydrogen (secondary N) is 4. The Kier molecular flexibility index (Phi) is 21.3. The molecular weight excluding hydrogens is 1090 g/mol. The van der Waals surface area contributed by atoms with Crippen LogP contribution in [0.25, 0.3) is 44.5 Å². The quantitative estimate of drug-likeness (QED) is 0.0388. The minimum atomic E-state index is -0.817. The maximum atomic E-state index is 14.4. The molecule has 2 fully saturated rings. The molecule has 0 unspecified atom stereocenters. The summed E-state index contributed by atoms with van der Waals surface area (Å²) in [5.41, 5.74) is 2.15. The Bertz CT molecular complexity index is 3030. The van der Waals surface area contributed by atoms with Crippen molar-refractivity contribution < 1.29 is 47.1 Å². The molecule has 2 aromatic carbocycles. The van der Waals surface area contributed by atoms with Crippen LogP contribution in [0.2, 0.25) is 0 Å². The van der Waals surface area contributed by atoms with E-state index in [4.69, 9.17) is 28.3 Å². The van der Waals surface area contributed by atoms with Gasteiger partial charge in [-0.2, -0.15) is 0 Å². The zero-order valence-electron chi connectivity index (χ0n) is 49.3. The largest absolute Gasteiger partial charge is 0.464 e. The van der Waals surface area contributed by atoms with Gasteiger partial charge < -0.3 is 58.5 Å². The Morgan fingerprint density at radius 1 is 0.598 bits per heavy atom. The Morgan fingerprint density at radius 3 is 1.30 bits per heavy atom. The molecule has 4 amide bonds. The SMILES string of the molecule is CN[C@@H](C)C(=O)N[C@H](C(=O)N1CCC[C@H]1c1nc(C(=O)OC)c(-c2cn(CCCCCCn3cc(-c4oc([C@@H]5CCCN5C(=O)[C@@H](NC(=O)[C@H](C)NC)C(C)(C)C)nc4C(=O)OC)c4ccccc43)c3ccccc23)o1)C(C)(C)C.Cl.Cl. The average molecular weight is 1170 g/mol. The van der Waals surface area contributed by atoms with Gasteiger partial charge in [0.1, 0.15) is 24.2 Å². The molecule has 0 saturated carbocycles. The Hall–Kier alpha value is -6.74. The maximum Gasteiger partial charge on any atom is 0.360 e. The lowest BCUT2D eigenvalue weighted by Crippen LogP contribution is -2.57. The molecule has 2 saturated heterocycles. The number of unbranched alkanes of at least 4 members (excludes halogenated alkanes) is 3. The summed E-state index contributed by atoms with van der Waals surface area (Å²) in [5.74, 6) is -1.35. The monoisotopic (exact) mass is 1170 g/mol. The van der Waals surface area contributed by atoms with Crippen LogP contribution in [0.15, 0.2) is 69.8 Å². The Morgan fingerprint density at radius 2 is 0.963 bits per heavy atom. The highest BCUT2D eigenvalue weighted by Crippen LogP contribution is 2.42. The Balaban J connectivity index is 0.00000541. The number of hydrogen-bond donors (Lipinski definition) is 4. The number of para-hydroxylation sites is 2. The van der Waals surface area contributed by atoms with Gasteiger partial charge in [0.15, 0.2) is 22.9 Å².